The van der Waals surface area contributed by atoms with E-state index in [4.69, 9.17) is 5.84 Å². The molecule has 1 saturated carbocycles. The highest BCUT2D eigenvalue weighted by Crippen LogP contribution is 2.37. The quantitative estimate of drug-likeness (QED) is 0.644. The van der Waals surface area contributed by atoms with Crippen molar-refractivity contribution in [2.75, 3.05) is 0 Å². The van der Waals surface area contributed by atoms with Crippen molar-refractivity contribution in [1.29, 1.82) is 0 Å². The second kappa shape index (κ2) is 6.73. The van der Waals surface area contributed by atoms with Crippen molar-refractivity contribution in [2.45, 2.75) is 69.7 Å². The Morgan fingerprint density at radius 3 is 2.65 bits per heavy atom. The molecule has 0 amide bonds. The van der Waals surface area contributed by atoms with Crippen LogP contribution in [-0.2, 0) is 6.42 Å². The zero-order chi connectivity index (χ0) is 13.8. The molecule has 0 aliphatic heterocycles. The van der Waals surface area contributed by atoms with Crippen LogP contribution in [0.3, 0.4) is 0 Å². The first-order valence-corrected chi connectivity index (χ1v) is 8.42. The van der Waals surface area contributed by atoms with Gasteiger partial charge in [-0.25, -0.2) is 0 Å². The van der Waals surface area contributed by atoms with Crippen LogP contribution in [0.15, 0.2) is 24.3 Å². The second-order valence-electron chi connectivity index (χ2n) is 6.69. The zero-order valence-corrected chi connectivity index (χ0v) is 12.5. The summed E-state index contributed by atoms with van der Waals surface area (Å²) < 4.78 is 0. The van der Waals surface area contributed by atoms with Gasteiger partial charge in [0.25, 0.3) is 0 Å². The summed E-state index contributed by atoms with van der Waals surface area (Å²) in [4.78, 5) is 0. The number of nitrogens with two attached hydrogens (primary N) is 1. The predicted molar refractivity (Wildman–Crippen MR) is 84.4 cm³/mol. The van der Waals surface area contributed by atoms with E-state index in [0.717, 1.165) is 5.92 Å². The van der Waals surface area contributed by atoms with Crippen molar-refractivity contribution in [2.24, 2.45) is 11.8 Å². The van der Waals surface area contributed by atoms with E-state index in [1.54, 1.807) is 11.1 Å². The van der Waals surface area contributed by atoms with Crippen LogP contribution in [0.2, 0.25) is 0 Å². The minimum atomic E-state index is 0.506. The monoisotopic (exact) mass is 272 g/mol. The van der Waals surface area contributed by atoms with Crippen molar-refractivity contribution in [1.82, 2.24) is 5.43 Å². The summed E-state index contributed by atoms with van der Waals surface area (Å²) >= 11 is 0. The lowest BCUT2D eigenvalue weighted by atomic mass is 9.75. The van der Waals surface area contributed by atoms with E-state index in [2.05, 4.69) is 29.7 Å². The van der Waals surface area contributed by atoms with Crippen molar-refractivity contribution in [3.8, 4) is 0 Å². The van der Waals surface area contributed by atoms with E-state index in [9.17, 15) is 0 Å². The summed E-state index contributed by atoms with van der Waals surface area (Å²) in [6.45, 7) is 0. The summed E-state index contributed by atoms with van der Waals surface area (Å²) in [6, 6.07) is 9.54. The van der Waals surface area contributed by atoms with E-state index >= 15 is 0 Å². The molecule has 1 fully saturated rings. The third-order valence-corrected chi connectivity index (χ3v) is 5.47. The van der Waals surface area contributed by atoms with Gasteiger partial charge in [-0.1, -0.05) is 43.5 Å². The maximum atomic E-state index is 5.89. The number of hydrazine groups is 1. The van der Waals surface area contributed by atoms with Crippen LogP contribution in [0.25, 0.3) is 0 Å². The largest absolute Gasteiger partial charge is 0.271 e. The average molecular weight is 272 g/mol. The molecule has 0 spiro atoms. The van der Waals surface area contributed by atoms with Gasteiger partial charge in [0.15, 0.2) is 0 Å². The highest BCUT2D eigenvalue weighted by Gasteiger charge is 2.28. The Kier molecular flexibility index (Phi) is 4.74. The maximum Gasteiger partial charge on any atom is 0.0244 e. The van der Waals surface area contributed by atoms with Crippen LogP contribution >= 0.6 is 0 Å². The molecule has 0 bridgehead atoms. The van der Waals surface area contributed by atoms with Gasteiger partial charge >= 0.3 is 0 Å². The highest BCUT2D eigenvalue weighted by atomic mass is 15.2. The molecule has 2 unspecified atom stereocenters. The van der Waals surface area contributed by atoms with Crippen LogP contribution in [0, 0.1) is 5.92 Å². The Hall–Kier alpha value is -0.860. The molecule has 3 rings (SSSR count). The Bertz CT molecular complexity index is 423. The van der Waals surface area contributed by atoms with Crippen molar-refractivity contribution < 1.29 is 0 Å². The van der Waals surface area contributed by atoms with E-state index in [1.165, 1.54) is 57.8 Å². The van der Waals surface area contributed by atoms with Crippen LogP contribution < -0.4 is 11.3 Å². The molecule has 110 valence electrons. The molecule has 1 aromatic carbocycles. The fraction of sp³-hybridized carbons (Fsp3) is 0.667. The fourth-order valence-electron chi connectivity index (χ4n) is 4.34. The Morgan fingerprint density at radius 2 is 1.85 bits per heavy atom. The van der Waals surface area contributed by atoms with Crippen molar-refractivity contribution in [3.05, 3.63) is 35.4 Å². The van der Waals surface area contributed by atoms with Crippen molar-refractivity contribution in [3.63, 3.8) is 0 Å². The third-order valence-electron chi connectivity index (χ3n) is 5.47. The van der Waals surface area contributed by atoms with E-state index in [0.29, 0.717) is 12.0 Å². The topological polar surface area (TPSA) is 38.0 Å². The van der Waals surface area contributed by atoms with Gasteiger partial charge in [0, 0.05) is 6.04 Å². The lowest BCUT2D eigenvalue weighted by Gasteiger charge is -2.34. The van der Waals surface area contributed by atoms with Gasteiger partial charge in [-0.05, 0) is 61.5 Å². The van der Waals surface area contributed by atoms with Gasteiger partial charge in [-0.3, -0.25) is 11.3 Å². The number of fused-ring (bicyclic) bond motifs is 1. The summed E-state index contributed by atoms with van der Waals surface area (Å²) in [5.74, 6) is 7.40. The Morgan fingerprint density at radius 1 is 1.05 bits per heavy atom. The third kappa shape index (κ3) is 3.07. The number of benzene rings is 1. The number of hydrogen-bond acceptors (Lipinski definition) is 2. The molecule has 0 heterocycles. The summed E-state index contributed by atoms with van der Waals surface area (Å²) in [5.41, 5.74) is 6.31. The van der Waals surface area contributed by atoms with Gasteiger partial charge < -0.3 is 0 Å². The van der Waals surface area contributed by atoms with Gasteiger partial charge in [0.1, 0.15) is 0 Å². The number of nitrogens with one attached hydrogen (secondary N) is 1. The Balaban J connectivity index is 1.70. The van der Waals surface area contributed by atoms with E-state index in [1.807, 2.05) is 0 Å². The number of hydrogen-bond donors (Lipinski definition) is 2. The van der Waals surface area contributed by atoms with Gasteiger partial charge in [0.05, 0.1) is 0 Å². The lowest BCUT2D eigenvalue weighted by Crippen LogP contribution is -2.42. The molecule has 2 nitrogen and oxygen atoms in total. The molecule has 2 aliphatic rings. The first-order chi connectivity index (χ1) is 9.88. The fourth-order valence-corrected chi connectivity index (χ4v) is 4.34. The number of rotatable bonds is 4. The molecular weight excluding hydrogens is 244 g/mol. The van der Waals surface area contributed by atoms with Crippen LogP contribution in [0.4, 0.5) is 0 Å². The minimum absolute atomic E-state index is 0.506. The summed E-state index contributed by atoms with van der Waals surface area (Å²) in [5, 5.41) is 0. The van der Waals surface area contributed by atoms with Gasteiger partial charge in [0.2, 0.25) is 0 Å². The lowest BCUT2D eigenvalue weighted by molar-refractivity contribution is 0.245. The van der Waals surface area contributed by atoms with Gasteiger partial charge in [-0.2, -0.15) is 0 Å². The molecule has 0 saturated heterocycles. The van der Waals surface area contributed by atoms with E-state index in [-0.39, 0.29) is 0 Å². The molecule has 2 heteroatoms. The van der Waals surface area contributed by atoms with Gasteiger partial charge in [-0.15, -0.1) is 0 Å². The van der Waals surface area contributed by atoms with Crippen molar-refractivity contribution >= 4 is 0 Å². The zero-order valence-electron chi connectivity index (χ0n) is 12.5. The molecule has 0 radical (unpaired) electrons. The second-order valence-corrected chi connectivity index (χ2v) is 6.69. The first kappa shape index (κ1) is 14.1. The molecule has 0 aromatic heterocycles. The number of aryl methyl sites for hydroxylation is 1. The van der Waals surface area contributed by atoms with E-state index < -0.39 is 0 Å². The molecule has 2 aliphatic carbocycles. The molecule has 3 N–H and O–H groups in total. The summed E-state index contributed by atoms with van der Waals surface area (Å²) in [6.07, 6.45) is 12.1. The van der Waals surface area contributed by atoms with Crippen LogP contribution in [0.5, 0.6) is 0 Å². The maximum absolute atomic E-state index is 5.89. The molecule has 20 heavy (non-hydrogen) atoms. The molecular formula is C18H28N2. The van der Waals surface area contributed by atoms with Crippen LogP contribution in [-0.4, -0.2) is 6.04 Å². The first-order valence-electron chi connectivity index (χ1n) is 8.42. The Labute approximate surface area is 123 Å². The SMILES string of the molecule is NNC(CC1CCCc2ccccc21)C1CCCCC1. The standard InChI is InChI=1S/C18H28N2/c19-20-18(15-8-2-1-3-9-15)13-16-11-6-10-14-7-4-5-12-17(14)16/h4-5,7,12,15-16,18,20H,1-3,6,8-11,13,19H2. The minimum Gasteiger partial charge on any atom is -0.271 e. The summed E-state index contributed by atoms with van der Waals surface area (Å²) in [7, 11) is 0. The highest BCUT2D eigenvalue weighted by molar-refractivity contribution is 5.32. The average Bonchev–Trinajstić information content (AvgIpc) is 2.53. The normalized spacial score (nSPS) is 25.1. The van der Waals surface area contributed by atoms with Crippen LogP contribution in [0.1, 0.15) is 68.4 Å². The smallest absolute Gasteiger partial charge is 0.0244 e. The molecule has 2 atom stereocenters. The molecule has 1 aromatic rings. The predicted octanol–water partition coefficient (Wildman–Crippen LogP) is 3.91.